The van der Waals surface area contributed by atoms with Crippen LogP contribution >= 0.6 is 12.4 Å². The minimum Gasteiger partial charge on any atom is -0.491 e. The second kappa shape index (κ2) is 12.8. The van der Waals surface area contributed by atoms with Crippen LogP contribution in [0.1, 0.15) is 49.8 Å². The molecule has 2 aromatic heterocycles. The van der Waals surface area contributed by atoms with Gasteiger partial charge in [0.05, 0.1) is 17.5 Å². The summed E-state index contributed by atoms with van der Waals surface area (Å²) in [6, 6.07) is 23.3. The predicted octanol–water partition coefficient (Wildman–Crippen LogP) is 6.30. The zero-order valence-electron chi connectivity index (χ0n) is 23.5. The topological polar surface area (TPSA) is 103 Å². The molecule has 3 aromatic carbocycles. The van der Waals surface area contributed by atoms with Gasteiger partial charge in [-0.15, -0.1) is 12.4 Å². The molecule has 0 aliphatic heterocycles. The summed E-state index contributed by atoms with van der Waals surface area (Å²) in [7, 11) is 0. The van der Waals surface area contributed by atoms with Crippen molar-refractivity contribution >= 4 is 12.4 Å². The quantitative estimate of drug-likeness (QED) is 0.222. The SMILES string of the molecule is CCCc1nc(C)n(-c2ccc(OC(C)C)cc2)c(=O)c1Cc1ccc(-c2ccccc2-c2noc(=O)[nH]2)cc1.Cl. The lowest BCUT2D eigenvalue weighted by atomic mass is 9.96. The summed E-state index contributed by atoms with van der Waals surface area (Å²) in [6.45, 7) is 7.93. The summed E-state index contributed by atoms with van der Waals surface area (Å²) in [5.74, 6) is 1.20. The first-order valence-electron chi connectivity index (χ1n) is 13.5. The Morgan fingerprint density at radius 3 is 2.24 bits per heavy atom. The number of hydrogen-bond donors (Lipinski definition) is 1. The number of ether oxygens (including phenoxy) is 1. The Morgan fingerprint density at radius 1 is 0.951 bits per heavy atom. The third-order valence-electron chi connectivity index (χ3n) is 6.65. The van der Waals surface area contributed by atoms with E-state index in [1.807, 2.05) is 93.6 Å². The maximum Gasteiger partial charge on any atom is 0.439 e. The zero-order chi connectivity index (χ0) is 28.2. The Hall–Kier alpha value is -4.43. The Kier molecular flexibility index (Phi) is 9.24. The van der Waals surface area contributed by atoms with Crippen molar-refractivity contribution in [2.45, 2.75) is 53.1 Å². The van der Waals surface area contributed by atoms with Gasteiger partial charge in [0.25, 0.3) is 5.56 Å². The van der Waals surface area contributed by atoms with E-state index in [0.29, 0.717) is 23.6 Å². The number of nitrogens with one attached hydrogen (secondary N) is 1. The van der Waals surface area contributed by atoms with Gasteiger partial charge in [-0.2, -0.15) is 0 Å². The highest BCUT2D eigenvalue weighted by Crippen LogP contribution is 2.30. The van der Waals surface area contributed by atoms with E-state index in [2.05, 4.69) is 17.1 Å². The van der Waals surface area contributed by atoms with Gasteiger partial charge in [-0.05, 0) is 68.1 Å². The van der Waals surface area contributed by atoms with Gasteiger partial charge in [-0.3, -0.25) is 18.9 Å². The fraction of sp³-hybridized carbons (Fsp3) is 0.250. The number of benzene rings is 3. The van der Waals surface area contributed by atoms with Crippen LogP contribution in [0.2, 0.25) is 0 Å². The molecule has 0 bridgehead atoms. The number of rotatable bonds is 9. The molecule has 1 N–H and O–H groups in total. The third-order valence-corrected chi connectivity index (χ3v) is 6.65. The molecule has 5 rings (SSSR count). The van der Waals surface area contributed by atoms with E-state index in [0.717, 1.165) is 52.2 Å². The molecular weight excluding hydrogens is 540 g/mol. The highest BCUT2D eigenvalue weighted by atomic mass is 35.5. The van der Waals surface area contributed by atoms with Crippen molar-refractivity contribution in [3.63, 3.8) is 0 Å². The molecule has 0 aliphatic carbocycles. The fourth-order valence-electron chi connectivity index (χ4n) is 4.88. The summed E-state index contributed by atoms with van der Waals surface area (Å²) < 4.78 is 12.1. The van der Waals surface area contributed by atoms with Crippen LogP contribution in [-0.4, -0.2) is 25.8 Å². The van der Waals surface area contributed by atoms with Crippen molar-refractivity contribution in [1.82, 2.24) is 19.7 Å². The van der Waals surface area contributed by atoms with Gasteiger partial charge in [-0.1, -0.05) is 67.0 Å². The second-order valence-corrected chi connectivity index (χ2v) is 10.00. The summed E-state index contributed by atoms with van der Waals surface area (Å²) in [4.78, 5) is 32.9. The molecule has 0 fully saturated rings. The molecule has 41 heavy (non-hydrogen) atoms. The number of halogens is 1. The summed E-state index contributed by atoms with van der Waals surface area (Å²) in [5, 5.41) is 3.85. The molecule has 0 saturated carbocycles. The molecule has 8 nitrogen and oxygen atoms in total. The standard InChI is InChI=1S/C32H32N4O4.ClH/c1-5-8-29-28(31(37)36(21(4)33-29)24-15-17-25(18-16-24)39-20(2)3)19-22-11-13-23(14-12-22)26-9-6-7-10-27(26)30-34-32(38)40-35-30;/h6-7,9-18,20H,5,8,19H2,1-4H3,(H,34,35,38);1H. The lowest BCUT2D eigenvalue weighted by molar-refractivity contribution is 0.242. The first-order valence-corrected chi connectivity index (χ1v) is 13.5. The third kappa shape index (κ3) is 6.49. The van der Waals surface area contributed by atoms with Crippen molar-refractivity contribution in [3.8, 4) is 34.0 Å². The molecule has 9 heteroatoms. The Bertz CT molecular complexity index is 1740. The van der Waals surface area contributed by atoms with Crippen molar-refractivity contribution in [2.24, 2.45) is 0 Å². The monoisotopic (exact) mass is 572 g/mol. The molecule has 0 aliphatic rings. The largest absolute Gasteiger partial charge is 0.491 e. The second-order valence-electron chi connectivity index (χ2n) is 10.00. The maximum absolute atomic E-state index is 13.9. The Balaban J connectivity index is 0.00000387. The molecule has 212 valence electrons. The molecule has 0 atom stereocenters. The van der Waals surface area contributed by atoms with Crippen LogP contribution in [0, 0.1) is 6.92 Å². The van der Waals surface area contributed by atoms with E-state index in [4.69, 9.17) is 14.2 Å². The lowest BCUT2D eigenvalue weighted by Gasteiger charge is -2.16. The molecule has 2 heterocycles. The van der Waals surface area contributed by atoms with Crippen molar-refractivity contribution in [2.75, 3.05) is 0 Å². The summed E-state index contributed by atoms with van der Waals surface area (Å²) >= 11 is 0. The van der Waals surface area contributed by atoms with Crippen molar-refractivity contribution < 1.29 is 9.26 Å². The normalized spacial score (nSPS) is 11.0. The van der Waals surface area contributed by atoms with E-state index in [9.17, 15) is 9.59 Å². The number of aryl methyl sites for hydroxylation is 2. The van der Waals surface area contributed by atoms with Gasteiger partial charge in [0, 0.05) is 17.5 Å². The van der Waals surface area contributed by atoms with Gasteiger partial charge in [0.2, 0.25) is 0 Å². The zero-order valence-corrected chi connectivity index (χ0v) is 24.3. The van der Waals surface area contributed by atoms with Crippen molar-refractivity contribution in [3.05, 3.63) is 116 Å². The van der Waals surface area contributed by atoms with E-state index in [-0.39, 0.29) is 24.1 Å². The fourth-order valence-corrected chi connectivity index (χ4v) is 4.88. The minimum atomic E-state index is -0.597. The molecule has 0 saturated heterocycles. The minimum absolute atomic E-state index is 0. The van der Waals surface area contributed by atoms with Crippen LogP contribution < -0.4 is 16.1 Å². The average molecular weight is 573 g/mol. The highest BCUT2D eigenvalue weighted by molar-refractivity contribution is 5.85. The molecule has 5 aromatic rings. The lowest BCUT2D eigenvalue weighted by Crippen LogP contribution is -2.28. The van der Waals surface area contributed by atoms with Gasteiger partial charge in [-0.25, -0.2) is 9.78 Å². The maximum atomic E-state index is 13.9. The van der Waals surface area contributed by atoms with Crippen LogP contribution in [-0.2, 0) is 12.8 Å². The van der Waals surface area contributed by atoms with Crippen molar-refractivity contribution in [1.29, 1.82) is 0 Å². The number of nitrogens with zero attached hydrogens (tertiary/aromatic N) is 3. The number of aromatic nitrogens is 4. The molecular formula is C32H33ClN4O4. The van der Waals surface area contributed by atoms with Gasteiger partial charge < -0.3 is 4.74 Å². The summed E-state index contributed by atoms with van der Waals surface area (Å²) in [5.41, 5.74) is 5.87. The van der Waals surface area contributed by atoms with Crippen LogP contribution in [0.5, 0.6) is 5.75 Å². The number of H-pyrrole nitrogens is 1. The van der Waals surface area contributed by atoms with Crippen LogP contribution in [0.4, 0.5) is 0 Å². The first kappa shape index (κ1) is 29.6. The number of aromatic amines is 1. The van der Waals surface area contributed by atoms with Gasteiger partial charge in [0.1, 0.15) is 11.6 Å². The van der Waals surface area contributed by atoms with E-state index in [1.54, 1.807) is 4.57 Å². The van der Waals surface area contributed by atoms with E-state index >= 15 is 0 Å². The smallest absolute Gasteiger partial charge is 0.439 e. The van der Waals surface area contributed by atoms with Gasteiger partial charge >= 0.3 is 5.76 Å². The molecule has 0 radical (unpaired) electrons. The number of hydrogen-bond acceptors (Lipinski definition) is 6. The predicted molar refractivity (Wildman–Crippen MR) is 162 cm³/mol. The Labute approximate surface area is 244 Å². The van der Waals surface area contributed by atoms with Crippen LogP contribution in [0.15, 0.2) is 86.9 Å². The van der Waals surface area contributed by atoms with Crippen LogP contribution in [0.25, 0.3) is 28.2 Å². The molecule has 0 amide bonds. The average Bonchev–Trinajstić information content (AvgIpc) is 3.38. The van der Waals surface area contributed by atoms with Crippen LogP contribution in [0.3, 0.4) is 0 Å². The highest BCUT2D eigenvalue weighted by Gasteiger charge is 2.17. The first-order chi connectivity index (χ1) is 19.3. The molecule has 0 spiro atoms. The van der Waals surface area contributed by atoms with E-state index in [1.165, 1.54) is 0 Å². The molecule has 0 unspecified atom stereocenters. The van der Waals surface area contributed by atoms with Gasteiger partial charge in [0.15, 0.2) is 5.82 Å². The Morgan fingerprint density at radius 2 is 1.63 bits per heavy atom. The van der Waals surface area contributed by atoms with E-state index < -0.39 is 5.76 Å². The summed E-state index contributed by atoms with van der Waals surface area (Å²) in [6.07, 6.45) is 2.16.